The minimum Gasteiger partial charge on any atom is -0.400 e. The summed E-state index contributed by atoms with van der Waals surface area (Å²) >= 11 is 0. The van der Waals surface area contributed by atoms with Crippen LogP contribution in [0.15, 0.2) is 0 Å². The van der Waals surface area contributed by atoms with Crippen molar-refractivity contribution >= 4 is 8.80 Å². The Labute approximate surface area is 98.5 Å². The summed E-state index contributed by atoms with van der Waals surface area (Å²) in [6, 6.07) is 4.46. The van der Waals surface area contributed by atoms with E-state index >= 15 is 0 Å². The maximum Gasteiger partial charge on any atom is 0.0473 e. The van der Waals surface area contributed by atoms with Crippen LogP contribution in [0.5, 0.6) is 0 Å². The van der Waals surface area contributed by atoms with Crippen LogP contribution in [-0.4, -0.2) is 21.0 Å². The molecule has 0 bridgehead atoms. The van der Waals surface area contributed by atoms with E-state index in [-0.39, 0.29) is 41.5 Å². The predicted octanol–water partition coefficient (Wildman–Crippen LogP) is 2.54. The second-order valence-corrected chi connectivity index (χ2v) is 5.62. The molecule has 66 valence electrons. The Balaban J connectivity index is -0.000000196. The molecule has 0 aromatic carbocycles. The van der Waals surface area contributed by atoms with Gasteiger partial charge in [-0.05, 0) is 0 Å². The van der Waals surface area contributed by atoms with Crippen molar-refractivity contribution in [3.63, 3.8) is 0 Å². The average Bonchev–Trinajstić information content (AvgIpc) is 2.04. The molecule has 0 saturated heterocycles. The molecule has 1 N–H and O–H groups in total. The SMILES string of the molecule is CCC[Si](CC)CC.CO.[Y]. The maximum atomic E-state index is 7.00. The second-order valence-electron chi connectivity index (χ2n) is 2.21. The zero-order valence-corrected chi connectivity index (χ0v) is 12.2. The first-order valence-corrected chi connectivity index (χ1v) is 6.25. The molecule has 0 atom stereocenters. The van der Waals surface area contributed by atoms with Crippen LogP contribution >= 0.6 is 0 Å². The van der Waals surface area contributed by atoms with Gasteiger partial charge in [0.1, 0.15) is 0 Å². The summed E-state index contributed by atoms with van der Waals surface area (Å²) < 4.78 is 0. The first-order chi connectivity index (χ1) is 4.85. The summed E-state index contributed by atoms with van der Waals surface area (Å²) in [7, 11) is 1.13. The molecule has 0 fully saturated rings. The van der Waals surface area contributed by atoms with Crippen molar-refractivity contribution in [2.24, 2.45) is 0 Å². The van der Waals surface area contributed by atoms with Crippen LogP contribution in [0.2, 0.25) is 18.1 Å². The molecule has 0 heterocycles. The minimum absolute atomic E-state index is 0. The van der Waals surface area contributed by atoms with Crippen molar-refractivity contribution in [1.29, 1.82) is 0 Å². The van der Waals surface area contributed by atoms with E-state index in [4.69, 9.17) is 5.11 Å². The molecule has 1 nitrogen and oxygen atoms in total. The zero-order valence-electron chi connectivity index (χ0n) is 8.35. The molecule has 0 aliphatic rings. The fraction of sp³-hybridized carbons (Fsp3) is 1.00. The Morgan fingerprint density at radius 2 is 1.36 bits per heavy atom. The van der Waals surface area contributed by atoms with E-state index in [0.717, 1.165) is 7.11 Å². The minimum atomic E-state index is 0. The van der Waals surface area contributed by atoms with Gasteiger partial charge in [0.05, 0.1) is 0 Å². The van der Waals surface area contributed by atoms with Gasteiger partial charge in [0.15, 0.2) is 0 Å². The zero-order chi connectivity index (χ0) is 8.41. The van der Waals surface area contributed by atoms with Gasteiger partial charge >= 0.3 is 0 Å². The van der Waals surface area contributed by atoms with Crippen molar-refractivity contribution in [3.05, 3.63) is 0 Å². The Morgan fingerprint density at radius 1 is 1.00 bits per heavy atom. The first-order valence-electron chi connectivity index (χ1n) is 4.13. The number of hydrogen-bond donors (Lipinski definition) is 1. The Bertz CT molecular complexity index is 49.4. The molecule has 2 radical (unpaired) electrons. The van der Waals surface area contributed by atoms with Gasteiger partial charge in [0.25, 0.3) is 0 Å². The molecule has 0 aromatic heterocycles. The van der Waals surface area contributed by atoms with Crippen LogP contribution in [-0.2, 0) is 32.7 Å². The van der Waals surface area contributed by atoms with Crippen molar-refractivity contribution in [3.8, 4) is 0 Å². The average molecular weight is 250 g/mol. The fourth-order valence-corrected chi connectivity index (χ4v) is 2.87. The normalized spacial score (nSPS) is 8.18. The molecule has 3 heteroatoms. The third kappa shape index (κ3) is 14.2. The van der Waals surface area contributed by atoms with Crippen LogP contribution in [0.25, 0.3) is 0 Å². The summed E-state index contributed by atoms with van der Waals surface area (Å²) in [6.07, 6.45) is 1.40. The van der Waals surface area contributed by atoms with Crippen molar-refractivity contribution in [2.45, 2.75) is 45.3 Å². The van der Waals surface area contributed by atoms with E-state index in [1.165, 1.54) is 24.6 Å². The fourth-order valence-electron chi connectivity index (χ4n) is 0.957. The summed E-state index contributed by atoms with van der Waals surface area (Å²) in [4.78, 5) is 0. The van der Waals surface area contributed by atoms with Gasteiger partial charge < -0.3 is 5.11 Å². The summed E-state index contributed by atoms with van der Waals surface area (Å²) in [5, 5.41) is 7.00. The molecule has 0 rings (SSSR count). The van der Waals surface area contributed by atoms with Gasteiger partial charge in [0.2, 0.25) is 0 Å². The van der Waals surface area contributed by atoms with Crippen LogP contribution in [0.1, 0.15) is 27.2 Å². The smallest absolute Gasteiger partial charge is 0.0473 e. The Morgan fingerprint density at radius 3 is 1.45 bits per heavy atom. The molecule has 0 spiro atoms. The molecule has 0 aliphatic heterocycles. The van der Waals surface area contributed by atoms with Gasteiger partial charge in [-0.2, -0.15) is 0 Å². The van der Waals surface area contributed by atoms with Gasteiger partial charge in [0, 0.05) is 48.6 Å². The van der Waals surface area contributed by atoms with E-state index in [1.54, 1.807) is 0 Å². The third-order valence-corrected chi connectivity index (χ3v) is 4.81. The number of aliphatic hydroxyl groups is 1. The van der Waals surface area contributed by atoms with E-state index < -0.39 is 0 Å². The van der Waals surface area contributed by atoms with E-state index in [9.17, 15) is 0 Å². The summed E-state index contributed by atoms with van der Waals surface area (Å²) in [5.41, 5.74) is 0. The van der Waals surface area contributed by atoms with Crippen molar-refractivity contribution < 1.29 is 37.8 Å². The molecule has 0 aliphatic carbocycles. The van der Waals surface area contributed by atoms with Crippen molar-refractivity contribution in [2.75, 3.05) is 7.11 Å². The summed E-state index contributed by atoms with van der Waals surface area (Å²) in [5.74, 6) is 0. The topological polar surface area (TPSA) is 20.2 Å². The molecule has 11 heavy (non-hydrogen) atoms. The van der Waals surface area contributed by atoms with E-state index in [1.807, 2.05) is 0 Å². The largest absolute Gasteiger partial charge is 0.400 e. The van der Waals surface area contributed by atoms with Crippen LogP contribution in [0.4, 0.5) is 0 Å². The first kappa shape index (κ1) is 18.1. The van der Waals surface area contributed by atoms with Crippen LogP contribution < -0.4 is 0 Å². The summed E-state index contributed by atoms with van der Waals surface area (Å²) in [6.45, 7) is 6.94. The van der Waals surface area contributed by atoms with Crippen molar-refractivity contribution in [1.82, 2.24) is 0 Å². The standard InChI is InChI=1S/C7H17Si.CH4O.Y/c1-4-7-8(5-2)6-3;1-2;/h4-7H2,1-3H3;2H,1H3;. The molecule has 0 unspecified atom stereocenters. The molecule has 0 amide bonds. The quantitative estimate of drug-likeness (QED) is 0.760. The Kier molecular flexibility index (Phi) is 28.7. The number of aliphatic hydroxyl groups excluding tert-OH is 1. The van der Waals surface area contributed by atoms with Gasteiger partial charge in [-0.3, -0.25) is 0 Å². The van der Waals surface area contributed by atoms with Gasteiger partial charge in [-0.15, -0.1) is 0 Å². The monoisotopic (exact) mass is 250 g/mol. The number of hydrogen-bond acceptors (Lipinski definition) is 1. The molecular weight excluding hydrogens is 229 g/mol. The second kappa shape index (κ2) is 17.4. The molecular formula is C8H21OSiY. The van der Waals surface area contributed by atoms with Gasteiger partial charge in [-0.1, -0.05) is 45.3 Å². The van der Waals surface area contributed by atoms with E-state index in [2.05, 4.69) is 20.8 Å². The molecule has 0 aromatic rings. The van der Waals surface area contributed by atoms with Crippen LogP contribution in [0, 0.1) is 0 Å². The van der Waals surface area contributed by atoms with Gasteiger partial charge in [-0.25, -0.2) is 0 Å². The van der Waals surface area contributed by atoms with Crippen LogP contribution in [0.3, 0.4) is 0 Å². The van der Waals surface area contributed by atoms with E-state index in [0.29, 0.717) is 0 Å². The maximum absolute atomic E-state index is 7.00. The Hall–Kier alpha value is 1.28. The predicted molar refractivity (Wildman–Crippen MR) is 50.0 cm³/mol. The third-order valence-electron chi connectivity index (χ3n) is 1.60. The number of rotatable bonds is 4. The molecule has 0 saturated carbocycles.